The van der Waals surface area contributed by atoms with Crippen LogP contribution in [-0.2, 0) is 4.57 Å². The van der Waals surface area contributed by atoms with Crippen molar-refractivity contribution in [3.63, 3.8) is 0 Å². The number of non-ortho nitro benzene ring substituents is 1. The molecule has 0 amide bonds. The van der Waals surface area contributed by atoms with Gasteiger partial charge >= 0.3 is 59.2 Å². The van der Waals surface area contributed by atoms with Crippen molar-refractivity contribution in [1.82, 2.24) is 0 Å². The number of nitro benzene ring substituents is 1. The van der Waals surface area contributed by atoms with Crippen LogP contribution >= 0.6 is 7.82 Å². The van der Waals surface area contributed by atoms with E-state index in [1.807, 2.05) is 0 Å². The second kappa shape index (κ2) is 5.14. The molecular weight excluding hydrogens is 300 g/mol. The van der Waals surface area contributed by atoms with Gasteiger partial charge in [-0.25, -0.2) is 4.57 Å². The minimum atomic E-state index is -4.44. The fraction of sp³-hybridized carbons (Fsp3) is 0. The second-order valence-electron chi connectivity index (χ2n) is 3.65. The van der Waals surface area contributed by atoms with Crippen molar-refractivity contribution in [3.05, 3.63) is 40.4 Å². The third-order valence-electron chi connectivity index (χ3n) is 2.56. The molecule has 2 aromatic carbocycles. The van der Waals surface area contributed by atoms with Gasteiger partial charge in [-0.1, -0.05) is 6.07 Å². The van der Waals surface area contributed by atoms with Crippen LogP contribution in [0.5, 0.6) is 11.5 Å². The summed E-state index contributed by atoms with van der Waals surface area (Å²) in [5.74, 6) is 0.0755. The Kier molecular flexibility index (Phi) is 4.04. The molecule has 9 heteroatoms. The van der Waals surface area contributed by atoms with E-state index in [4.69, 9.17) is 0 Å². The Bertz CT molecular complexity index is 717. The van der Waals surface area contributed by atoms with Gasteiger partial charge in [-0.05, 0) is 18.2 Å². The summed E-state index contributed by atoms with van der Waals surface area (Å²) in [6.45, 7) is 0. The van der Waals surface area contributed by atoms with Crippen LogP contribution in [-0.4, -0.2) is 4.92 Å². The summed E-state index contributed by atoms with van der Waals surface area (Å²) >= 11 is 0. The van der Waals surface area contributed by atoms with Crippen LogP contribution in [0.2, 0.25) is 0 Å². The summed E-state index contributed by atoms with van der Waals surface area (Å²) in [7, 11) is -4.44. The van der Waals surface area contributed by atoms with Gasteiger partial charge in [0.05, 0.1) is 15.7 Å². The Morgan fingerprint density at radius 2 is 1.74 bits per heavy atom. The van der Waals surface area contributed by atoms with Crippen LogP contribution < -0.4 is 65.3 Å². The van der Waals surface area contributed by atoms with E-state index in [0.717, 1.165) is 0 Å². The van der Waals surface area contributed by atoms with Crippen LogP contribution in [0.25, 0.3) is 10.8 Å². The quantitative estimate of drug-likeness (QED) is 0.289. The number of rotatable bonds is 1. The number of phosphoric acid groups is 1. The molecule has 3 rings (SSSR count). The molecule has 1 atom stereocenters. The first kappa shape index (κ1) is 14.9. The second-order valence-corrected chi connectivity index (χ2v) is 4.91. The maximum Gasteiger partial charge on any atom is 1.00 e. The SMILES string of the molecule is O=[N+]([O-])c1ccc2c3c(cccc13)OP(=O)([O-])O2.[K+]. The Morgan fingerprint density at radius 3 is 2.37 bits per heavy atom. The van der Waals surface area contributed by atoms with Gasteiger partial charge in [0.2, 0.25) is 0 Å². The Morgan fingerprint density at radius 1 is 1.11 bits per heavy atom. The molecule has 1 aliphatic rings. The van der Waals surface area contributed by atoms with Gasteiger partial charge in [-0.2, -0.15) is 0 Å². The monoisotopic (exact) mass is 305 g/mol. The van der Waals surface area contributed by atoms with Gasteiger partial charge in [-0.3, -0.25) is 10.1 Å². The maximum atomic E-state index is 11.3. The number of phosphoric ester groups is 1. The zero-order chi connectivity index (χ0) is 12.9. The molecule has 0 bridgehead atoms. The van der Waals surface area contributed by atoms with E-state index in [1.54, 1.807) is 0 Å². The summed E-state index contributed by atoms with van der Waals surface area (Å²) in [5, 5.41) is 11.4. The van der Waals surface area contributed by atoms with Gasteiger partial charge in [0.15, 0.2) is 0 Å². The molecule has 1 heterocycles. The van der Waals surface area contributed by atoms with Crippen molar-refractivity contribution in [2.45, 2.75) is 0 Å². The topological polar surface area (TPSA) is 102 Å². The van der Waals surface area contributed by atoms with E-state index in [2.05, 4.69) is 9.05 Å². The first-order valence-electron chi connectivity index (χ1n) is 4.88. The molecule has 0 radical (unpaired) electrons. The van der Waals surface area contributed by atoms with Crippen LogP contribution in [0.15, 0.2) is 30.3 Å². The summed E-state index contributed by atoms with van der Waals surface area (Å²) in [4.78, 5) is 21.7. The predicted molar refractivity (Wildman–Crippen MR) is 59.5 cm³/mol. The third-order valence-corrected chi connectivity index (χ3v) is 3.40. The number of nitrogens with zero attached hydrogens (tertiary/aromatic N) is 1. The number of nitro groups is 1. The average Bonchev–Trinajstić information content (AvgIpc) is 2.27. The van der Waals surface area contributed by atoms with E-state index in [0.29, 0.717) is 0 Å². The number of hydrogen-bond donors (Lipinski definition) is 0. The first-order chi connectivity index (χ1) is 8.48. The molecule has 7 nitrogen and oxygen atoms in total. The largest absolute Gasteiger partial charge is 1.00 e. The van der Waals surface area contributed by atoms with E-state index >= 15 is 0 Å². The summed E-state index contributed by atoms with van der Waals surface area (Å²) in [6, 6.07) is 6.86. The van der Waals surface area contributed by atoms with Crippen LogP contribution in [0, 0.1) is 10.1 Å². The molecule has 1 unspecified atom stereocenters. The summed E-state index contributed by atoms with van der Waals surface area (Å²) in [6.07, 6.45) is 0. The fourth-order valence-electron chi connectivity index (χ4n) is 1.90. The molecule has 1 aliphatic heterocycles. The zero-order valence-corrected chi connectivity index (χ0v) is 13.7. The molecule has 92 valence electrons. The normalized spacial score (nSPS) is 20.1. The van der Waals surface area contributed by atoms with Crippen molar-refractivity contribution in [2.24, 2.45) is 0 Å². The first-order valence-corrected chi connectivity index (χ1v) is 6.34. The number of benzene rings is 2. The smallest absolute Gasteiger partial charge is 0.736 e. The Labute approximate surface area is 149 Å². The summed E-state index contributed by atoms with van der Waals surface area (Å²) in [5.41, 5.74) is -0.134. The van der Waals surface area contributed by atoms with Crippen LogP contribution in [0.4, 0.5) is 5.69 Å². The van der Waals surface area contributed by atoms with Gasteiger partial charge < -0.3 is 13.9 Å². The van der Waals surface area contributed by atoms with Gasteiger partial charge in [-0.15, -0.1) is 0 Å². The molecule has 0 aromatic heterocycles. The molecule has 0 aliphatic carbocycles. The van der Waals surface area contributed by atoms with Gasteiger partial charge in [0, 0.05) is 6.07 Å². The van der Waals surface area contributed by atoms with Crippen molar-refractivity contribution in [3.8, 4) is 11.5 Å². The molecule has 2 aromatic rings. The van der Waals surface area contributed by atoms with Crippen molar-refractivity contribution < 1.29 is 74.8 Å². The average molecular weight is 305 g/mol. The van der Waals surface area contributed by atoms with Crippen molar-refractivity contribution >= 4 is 24.3 Å². The van der Waals surface area contributed by atoms with E-state index in [1.165, 1.54) is 30.3 Å². The zero-order valence-electron chi connectivity index (χ0n) is 9.73. The van der Waals surface area contributed by atoms with Crippen molar-refractivity contribution in [1.29, 1.82) is 0 Å². The van der Waals surface area contributed by atoms with Crippen LogP contribution in [0.1, 0.15) is 0 Å². The fourth-order valence-corrected chi connectivity index (χ4v) is 2.72. The summed E-state index contributed by atoms with van der Waals surface area (Å²) < 4.78 is 20.7. The molecule has 0 saturated carbocycles. The van der Waals surface area contributed by atoms with Gasteiger partial charge in [0.1, 0.15) is 11.5 Å². The predicted octanol–water partition coefficient (Wildman–Crippen LogP) is -1.01. The van der Waals surface area contributed by atoms with E-state index in [9.17, 15) is 19.6 Å². The molecule has 0 N–H and O–H groups in total. The minimum absolute atomic E-state index is 0. The Balaban J connectivity index is 0.00000133. The molecule has 0 spiro atoms. The Hall–Kier alpha value is -0.474. The standard InChI is InChI=1S/C10H6NO6P.K/c12-11(13)7-4-5-9-10-6(7)2-1-3-8(10)16-18(14,15)17-9;/h1-5H,(H,14,15);/q;+1/p-1. The minimum Gasteiger partial charge on any atom is -0.736 e. The number of hydrogen-bond acceptors (Lipinski definition) is 6. The maximum absolute atomic E-state index is 11.3. The molecule has 19 heavy (non-hydrogen) atoms. The molecule has 0 saturated heterocycles. The van der Waals surface area contributed by atoms with E-state index in [-0.39, 0.29) is 79.3 Å². The molecular formula is C10H5KNO6P. The third kappa shape index (κ3) is 2.57. The van der Waals surface area contributed by atoms with Crippen LogP contribution in [0.3, 0.4) is 0 Å². The van der Waals surface area contributed by atoms with E-state index < -0.39 is 12.7 Å². The van der Waals surface area contributed by atoms with Gasteiger partial charge in [0.25, 0.3) is 5.69 Å². The van der Waals surface area contributed by atoms with Crippen molar-refractivity contribution in [2.75, 3.05) is 0 Å². The molecule has 0 fully saturated rings.